The third-order valence-electron chi connectivity index (χ3n) is 5.52. The highest BCUT2D eigenvalue weighted by molar-refractivity contribution is 5.94. The van der Waals surface area contributed by atoms with Crippen molar-refractivity contribution in [3.63, 3.8) is 0 Å². The van der Waals surface area contributed by atoms with Crippen LogP contribution >= 0.6 is 0 Å². The van der Waals surface area contributed by atoms with Gasteiger partial charge >= 0.3 is 0 Å². The Labute approximate surface area is 154 Å². The predicted molar refractivity (Wildman–Crippen MR) is 97.6 cm³/mol. The van der Waals surface area contributed by atoms with Crippen molar-refractivity contribution in [2.75, 3.05) is 52.5 Å². The van der Waals surface area contributed by atoms with E-state index in [4.69, 9.17) is 9.47 Å². The quantitative estimate of drug-likeness (QED) is 0.881. The van der Waals surface area contributed by atoms with Crippen LogP contribution in [-0.2, 0) is 11.2 Å². The molecule has 6 heteroatoms. The van der Waals surface area contributed by atoms with Gasteiger partial charge in [0.05, 0.1) is 26.4 Å². The number of ether oxygens (including phenoxy) is 2. The summed E-state index contributed by atoms with van der Waals surface area (Å²) >= 11 is 0. The second-order valence-corrected chi connectivity index (χ2v) is 7.76. The molecule has 3 aliphatic heterocycles. The number of amides is 1. The molecule has 1 N–H and O–H groups in total. The molecule has 0 aromatic heterocycles. The van der Waals surface area contributed by atoms with Gasteiger partial charge in [-0.15, -0.1) is 0 Å². The van der Waals surface area contributed by atoms with Gasteiger partial charge < -0.3 is 24.4 Å². The van der Waals surface area contributed by atoms with Gasteiger partial charge in [-0.1, -0.05) is 0 Å². The van der Waals surface area contributed by atoms with Gasteiger partial charge in [0.2, 0.25) is 0 Å². The van der Waals surface area contributed by atoms with Crippen LogP contribution in [0.4, 0.5) is 0 Å². The molecule has 2 fully saturated rings. The molecular formula is C20H28N2O4. The lowest BCUT2D eigenvalue weighted by Crippen LogP contribution is -2.53. The summed E-state index contributed by atoms with van der Waals surface area (Å²) in [7, 11) is 0. The number of hydrogen-bond acceptors (Lipinski definition) is 5. The van der Waals surface area contributed by atoms with E-state index in [1.807, 2.05) is 18.2 Å². The van der Waals surface area contributed by atoms with Crippen molar-refractivity contribution in [1.82, 2.24) is 9.80 Å². The molecule has 3 aliphatic rings. The first kappa shape index (κ1) is 17.8. The summed E-state index contributed by atoms with van der Waals surface area (Å²) in [6.07, 6.45) is 4.28. The van der Waals surface area contributed by atoms with Gasteiger partial charge in [0.25, 0.3) is 5.91 Å². The van der Waals surface area contributed by atoms with Crippen molar-refractivity contribution in [3.05, 3.63) is 29.3 Å². The SMILES string of the molecule is O=C(c1ccc2c(c1)CCCO2)N1CCOC[C@](O)(CN2CCCC2)C1. The number of benzene rings is 1. The third-order valence-corrected chi connectivity index (χ3v) is 5.52. The number of carbonyl (C=O) groups is 1. The molecule has 6 nitrogen and oxygen atoms in total. The van der Waals surface area contributed by atoms with Crippen LogP contribution in [0, 0.1) is 0 Å². The minimum Gasteiger partial charge on any atom is -0.493 e. The Kier molecular flexibility index (Phi) is 5.16. The zero-order chi connectivity index (χ0) is 18.0. The van der Waals surface area contributed by atoms with Crippen molar-refractivity contribution in [3.8, 4) is 5.75 Å². The summed E-state index contributed by atoms with van der Waals surface area (Å²) in [6.45, 7) is 4.91. The minimum absolute atomic E-state index is 0.0382. The van der Waals surface area contributed by atoms with Crippen LogP contribution in [-0.4, -0.2) is 79.0 Å². The molecule has 1 amide bonds. The highest BCUT2D eigenvalue weighted by Crippen LogP contribution is 2.27. The van der Waals surface area contributed by atoms with Gasteiger partial charge in [0.15, 0.2) is 0 Å². The number of fused-ring (bicyclic) bond motifs is 1. The molecule has 1 aromatic rings. The lowest BCUT2D eigenvalue weighted by Gasteiger charge is -2.34. The number of hydrogen-bond donors (Lipinski definition) is 1. The second-order valence-electron chi connectivity index (χ2n) is 7.76. The molecule has 4 rings (SSSR count). The fraction of sp³-hybridized carbons (Fsp3) is 0.650. The summed E-state index contributed by atoms with van der Waals surface area (Å²) in [5.74, 6) is 0.848. The molecule has 0 aliphatic carbocycles. The zero-order valence-electron chi connectivity index (χ0n) is 15.3. The van der Waals surface area contributed by atoms with Crippen molar-refractivity contribution < 1.29 is 19.4 Å². The Morgan fingerprint density at radius 3 is 2.85 bits per heavy atom. The maximum atomic E-state index is 13.1. The average molecular weight is 360 g/mol. The first-order valence-electron chi connectivity index (χ1n) is 9.70. The normalized spacial score (nSPS) is 26.9. The molecular weight excluding hydrogens is 332 g/mol. The largest absolute Gasteiger partial charge is 0.493 e. The molecule has 0 saturated carbocycles. The molecule has 0 unspecified atom stereocenters. The van der Waals surface area contributed by atoms with E-state index in [0.717, 1.165) is 43.9 Å². The summed E-state index contributed by atoms with van der Waals surface area (Å²) in [6, 6.07) is 5.67. The number of likely N-dealkylation sites (tertiary alicyclic amines) is 1. The van der Waals surface area contributed by atoms with E-state index in [0.29, 0.717) is 31.8 Å². The van der Waals surface area contributed by atoms with Gasteiger partial charge in [-0.3, -0.25) is 4.79 Å². The van der Waals surface area contributed by atoms with Crippen LogP contribution in [0.3, 0.4) is 0 Å². The van der Waals surface area contributed by atoms with E-state index in [1.54, 1.807) is 4.90 Å². The van der Waals surface area contributed by atoms with Gasteiger partial charge in [-0.05, 0) is 62.5 Å². The van der Waals surface area contributed by atoms with Crippen LogP contribution in [0.1, 0.15) is 35.2 Å². The molecule has 26 heavy (non-hydrogen) atoms. The monoisotopic (exact) mass is 360 g/mol. The van der Waals surface area contributed by atoms with E-state index < -0.39 is 5.60 Å². The lowest BCUT2D eigenvalue weighted by molar-refractivity contribution is -0.0524. The van der Waals surface area contributed by atoms with Crippen molar-refractivity contribution in [1.29, 1.82) is 0 Å². The van der Waals surface area contributed by atoms with Gasteiger partial charge in [-0.25, -0.2) is 0 Å². The van der Waals surface area contributed by atoms with Crippen LogP contribution in [0.25, 0.3) is 0 Å². The molecule has 0 bridgehead atoms. The van der Waals surface area contributed by atoms with E-state index in [9.17, 15) is 9.90 Å². The Bertz CT molecular complexity index is 659. The van der Waals surface area contributed by atoms with Crippen LogP contribution in [0.2, 0.25) is 0 Å². The van der Waals surface area contributed by atoms with Crippen molar-refractivity contribution >= 4 is 5.91 Å². The third kappa shape index (κ3) is 3.87. The number of carbonyl (C=O) groups excluding carboxylic acids is 1. The summed E-state index contributed by atoms with van der Waals surface area (Å²) < 4.78 is 11.3. The summed E-state index contributed by atoms with van der Waals surface area (Å²) in [4.78, 5) is 17.1. The number of β-amino-alcohol motifs (C(OH)–C–C–N with tert-alkyl or cyclic N) is 1. The molecule has 1 atom stereocenters. The van der Waals surface area contributed by atoms with Crippen LogP contribution in [0.15, 0.2) is 18.2 Å². The molecule has 1 aromatic carbocycles. The zero-order valence-corrected chi connectivity index (χ0v) is 15.3. The fourth-order valence-corrected chi connectivity index (χ4v) is 4.22. The Morgan fingerprint density at radius 2 is 2.00 bits per heavy atom. The lowest BCUT2D eigenvalue weighted by atomic mass is 10.0. The number of aliphatic hydroxyl groups is 1. The van der Waals surface area contributed by atoms with Crippen LogP contribution in [0.5, 0.6) is 5.75 Å². The van der Waals surface area contributed by atoms with Gasteiger partial charge in [0, 0.05) is 18.7 Å². The molecule has 0 radical (unpaired) electrons. The standard InChI is InChI=1S/C20H28N2O4/c23-19(17-5-6-18-16(12-17)4-3-10-26-18)22-9-11-25-15-20(24,14-22)13-21-7-1-2-8-21/h5-6,12,24H,1-4,7-11,13-15H2/t20-/m0/s1. The van der Waals surface area contributed by atoms with E-state index in [1.165, 1.54) is 12.8 Å². The smallest absolute Gasteiger partial charge is 0.254 e. The molecule has 0 spiro atoms. The maximum Gasteiger partial charge on any atom is 0.254 e. The maximum absolute atomic E-state index is 13.1. The first-order valence-corrected chi connectivity index (χ1v) is 9.70. The van der Waals surface area contributed by atoms with E-state index in [-0.39, 0.29) is 12.5 Å². The first-order chi connectivity index (χ1) is 12.6. The van der Waals surface area contributed by atoms with E-state index >= 15 is 0 Å². The predicted octanol–water partition coefficient (Wildman–Crippen LogP) is 1.31. The Morgan fingerprint density at radius 1 is 1.15 bits per heavy atom. The Hall–Kier alpha value is -1.63. The molecule has 142 valence electrons. The summed E-state index contributed by atoms with van der Waals surface area (Å²) in [5.41, 5.74) is 0.758. The van der Waals surface area contributed by atoms with Gasteiger partial charge in [0.1, 0.15) is 11.4 Å². The van der Waals surface area contributed by atoms with E-state index in [2.05, 4.69) is 4.90 Å². The van der Waals surface area contributed by atoms with Gasteiger partial charge in [-0.2, -0.15) is 0 Å². The number of nitrogens with zero attached hydrogens (tertiary/aromatic N) is 2. The number of rotatable bonds is 3. The summed E-state index contributed by atoms with van der Waals surface area (Å²) in [5, 5.41) is 11.1. The molecule has 2 saturated heterocycles. The van der Waals surface area contributed by atoms with Crippen LogP contribution < -0.4 is 4.74 Å². The second kappa shape index (κ2) is 7.55. The minimum atomic E-state index is -1.01. The van der Waals surface area contributed by atoms with Crippen molar-refractivity contribution in [2.24, 2.45) is 0 Å². The highest BCUT2D eigenvalue weighted by atomic mass is 16.5. The average Bonchev–Trinajstić information content (AvgIpc) is 3.08. The molecule has 3 heterocycles. The topological polar surface area (TPSA) is 62.2 Å². The van der Waals surface area contributed by atoms with Crippen molar-refractivity contribution in [2.45, 2.75) is 31.3 Å². The fourth-order valence-electron chi connectivity index (χ4n) is 4.22. The highest BCUT2D eigenvalue weighted by Gasteiger charge is 2.37. The number of aryl methyl sites for hydroxylation is 1. The Balaban J connectivity index is 1.49.